The molecule has 0 aliphatic carbocycles. The minimum atomic E-state index is -0.605. The maximum Gasteiger partial charge on any atom is 0.256 e. The molecule has 112 valence electrons. The summed E-state index contributed by atoms with van der Waals surface area (Å²) in [4.78, 5) is 28.6. The molecule has 0 aromatic heterocycles. The van der Waals surface area contributed by atoms with E-state index < -0.39 is 6.04 Å². The Hall–Kier alpha value is -2.10. The summed E-state index contributed by atoms with van der Waals surface area (Å²) in [6.45, 7) is 9.81. The number of carbonyl (C=O) groups excluding carboxylic acids is 2. The number of hydrogen-bond acceptors (Lipinski definition) is 2. The number of rotatable bonds is 2. The van der Waals surface area contributed by atoms with Crippen molar-refractivity contribution in [3.8, 4) is 0 Å². The van der Waals surface area contributed by atoms with Crippen molar-refractivity contribution in [2.24, 2.45) is 5.41 Å². The number of benzene rings is 1. The molecule has 0 radical (unpaired) electrons. The number of carbonyl (C=O) groups is 2. The fourth-order valence-electron chi connectivity index (χ4n) is 2.97. The Kier molecular flexibility index (Phi) is 3.90. The van der Waals surface area contributed by atoms with Crippen LogP contribution in [0.5, 0.6) is 0 Å². The Balaban J connectivity index is 2.48. The van der Waals surface area contributed by atoms with Gasteiger partial charge < -0.3 is 9.80 Å². The van der Waals surface area contributed by atoms with Gasteiger partial charge in [-0.25, -0.2) is 0 Å². The zero-order valence-electron chi connectivity index (χ0n) is 13.0. The van der Waals surface area contributed by atoms with Crippen LogP contribution in [0.1, 0.15) is 31.1 Å². The third-order valence-corrected chi connectivity index (χ3v) is 3.78. The Morgan fingerprint density at radius 3 is 2.29 bits per heavy atom. The van der Waals surface area contributed by atoms with Crippen LogP contribution in [0.3, 0.4) is 0 Å². The predicted molar refractivity (Wildman–Crippen MR) is 82.6 cm³/mol. The van der Waals surface area contributed by atoms with E-state index in [-0.39, 0.29) is 23.4 Å². The molecule has 0 N–H and O–H groups in total. The number of likely N-dealkylation sites (N-methyl/N-ethyl adjacent to an activating group) is 1. The molecule has 1 fully saturated rings. The van der Waals surface area contributed by atoms with Crippen molar-refractivity contribution in [3.05, 3.63) is 48.6 Å². The lowest BCUT2D eigenvalue weighted by Crippen LogP contribution is -2.50. The van der Waals surface area contributed by atoms with Gasteiger partial charge in [0.2, 0.25) is 0 Å². The van der Waals surface area contributed by atoms with Crippen molar-refractivity contribution in [1.29, 1.82) is 0 Å². The standard InChI is InChI=1S/C17H22N2O2/c1-6-13-15(21)18(5)16(17(2,3)4)19(13)14(20)12-10-8-7-9-11-12/h6-11,13,16H,1H2,2-5H3/t13-,16-/m0/s1. The molecule has 0 bridgehead atoms. The second-order valence-electron chi connectivity index (χ2n) is 6.45. The topological polar surface area (TPSA) is 40.6 Å². The number of hydrogen-bond donors (Lipinski definition) is 0. The van der Waals surface area contributed by atoms with E-state index in [4.69, 9.17) is 0 Å². The fraction of sp³-hybridized carbons (Fsp3) is 0.412. The lowest BCUT2D eigenvalue weighted by molar-refractivity contribution is -0.129. The van der Waals surface area contributed by atoms with Crippen LogP contribution in [0.4, 0.5) is 0 Å². The first-order valence-corrected chi connectivity index (χ1v) is 7.06. The molecule has 0 saturated carbocycles. The van der Waals surface area contributed by atoms with E-state index in [1.807, 2.05) is 39.0 Å². The van der Waals surface area contributed by atoms with Crippen molar-refractivity contribution in [2.45, 2.75) is 33.0 Å². The van der Waals surface area contributed by atoms with Gasteiger partial charge in [0.1, 0.15) is 12.2 Å². The average molecular weight is 286 g/mol. The molecule has 1 aromatic carbocycles. The number of nitrogens with zero attached hydrogens (tertiary/aromatic N) is 2. The molecule has 1 saturated heterocycles. The summed E-state index contributed by atoms with van der Waals surface area (Å²) in [5.74, 6) is -0.229. The van der Waals surface area contributed by atoms with Gasteiger partial charge in [-0.3, -0.25) is 9.59 Å². The summed E-state index contributed by atoms with van der Waals surface area (Å²) >= 11 is 0. The first-order chi connectivity index (χ1) is 9.79. The van der Waals surface area contributed by atoms with E-state index in [1.165, 1.54) is 0 Å². The van der Waals surface area contributed by atoms with Crippen molar-refractivity contribution in [3.63, 3.8) is 0 Å². The van der Waals surface area contributed by atoms with E-state index in [0.29, 0.717) is 5.56 Å². The molecule has 1 aliphatic rings. The van der Waals surface area contributed by atoms with Crippen molar-refractivity contribution < 1.29 is 9.59 Å². The summed E-state index contributed by atoms with van der Waals surface area (Å²) < 4.78 is 0. The first-order valence-electron chi connectivity index (χ1n) is 7.06. The van der Waals surface area contributed by atoms with E-state index in [2.05, 4.69) is 6.58 Å². The summed E-state index contributed by atoms with van der Waals surface area (Å²) in [5.41, 5.74) is 0.341. The van der Waals surface area contributed by atoms with Gasteiger partial charge >= 0.3 is 0 Å². The molecule has 4 nitrogen and oxygen atoms in total. The van der Waals surface area contributed by atoms with Gasteiger partial charge in [-0.1, -0.05) is 45.0 Å². The third-order valence-electron chi connectivity index (χ3n) is 3.78. The quantitative estimate of drug-likeness (QED) is 0.784. The predicted octanol–water partition coefficient (Wildman–Crippen LogP) is 2.53. The lowest BCUT2D eigenvalue weighted by Gasteiger charge is -2.38. The Labute approximate surface area is 126 Å². The highest BCUT2D eigenvalue weighted by molar-refractivity contribution is 6.00. The Morgan fingerprint density at radius 1 is 1.24 bits per heavy atom. The normalized spacial score (nSPS) is 22.6. The molecular formula is C17H22N2O2. The average Bonchev–Trinajstić information content (AvgIpc) is 2.70. The highest BCUT2D eigenvalue weighted by Gasteiger charge is 2.50. The summed E-state index contributed by atoms with van der Waals surface area (Å²) in [5, 5.41) is 0. The second kappa shape index (κ2) is 5.35. The lowest BCUT2D eigenvalue weighted by atomic mass is 9.90. The van der Waals surface area contributed by atoms with Gasteiger partial charge in [0.15, 0.2) is 0 Å². The van der Waals surface area contributed by atoms with E-state index >= 15 is 0 Å². The third kappa shape index (κ3) is 2.58. The van der Waals surface area contributed by atoms with Gasteiger partial charge in [-0.15, -0.1) is 6.58 Å². The minimum absolute atomic E-state index is 0.0887. The van der Waals surface area contributed by atoms with Gasteiger partial charge in [-0.2, -0.15) is 0 Å². The van der Waals surface area contributed by atoms with E-state index in [1.54, 1.807) is 35.1 Å². The molecular weight excluding hydrogens is 264 g/mol. The molecule has 0 spiro atoms. The van der Waals surface area contributed by atoms with E-state index in [0.717, 1.165) is 0 Å². The first kappa shape index (κ1) is 15.3. The second-order valence-corrected chi connectivity index (χ2v) is 6.45. The molecule has 21 heavy (non-hydrogen) atoms. The maximum absolute atomic E-state index is 12.9. The van der Waals surface area contributed by atoms with Crippen LogP contribution >= 0.6 is 0 Å². The highest BCUT2D eigenvalue weighted by Crippen LogP contribution is 2.35. The molecule has 2 amide bonds. The highest BCUT2D eigenvalue weighted by atomic mass is 16.2. The van der Waals surface area contributed by atoms with Crippen LogP contribution < -0.4 is 0 Å². The summed E-state index contributed by atoms with van der Waals surface area (Å²) in [6, 6.07) is 8.44. The smallest absolute Gasteiger partial charge is 0.256 e. The largest absolute Gasteiger partial charge is 0.323 e. The molecule has 2 rings (SSSR count). The fourth-order valence-corrected chi connectivity index (χ4v) is 2.97. The Morgan fingerprint density at radius 2 is 1.81 bits per heavy atom. The zero-order valence-corrected chi connectivity index (χ0v) is 13.0. The molecule has 0 unspecified atom stereocenters. The van der Waals surface area contributed by atoms with Crippen molar-refractivity contribution in [1.82, 2.24) is 9.80 Å². The van der Waals surface area contributed by atoms with Gasteiger partial charge in [-0.05, 0) is 12.1 Å². The van der Waals surface area contributed by atoms with Gasteiger partial charge in [0.05, 0.1) is 0 Å². The van der Waals surface area contributed by atoms with Crippen LogP contribution in [0.25, 0.3) is 0 Å². The van der Waals surface area contributed by atoms with Crippen LogP contribution in [-0.4, -0.2) is 40.9 Å². The van der Waals surface area contributed by atoms with E-state index in [9.17, 15) is 9.59 Å². The minimum Gasteiger partial charge on any atom is -0.323 e. The van der Waals surface area contributed by atoms with Crippen LogP contribution in [0.2, 0.25) is 0 Å². The molecule has 4 heteroatoms. The maximum atomic E-state index is 12.9. The summed E-state index contributed by atoms with van der Waals surface area (Å²) in [6.07, 6.45) is 1.26. The number of amides is 2. The monoisotopic (exact) mass is 286 g/mol. The van der Waals surface area contributed by atoms with Gasteiger partial charge in [0, 0.05) is 18.0 Å². The van der Waals surface area contributed by atoms with Crippen LogP contribution in [-0.2, 0) is 4.79 Å². The molecule has 1 aromatic rings. The van der Waals surface area contributed by atoms with Crippen molar-refractivity contribution in [2.75, 3.05) is 7.05 Å². The van der Waals surface area contributed by atoms with Gasteiger partial charge in [0.25, 0.3) is 11.8 Å². The SMILES string of the molecule is C=C[C@H]1C(=O)N(C)[C@H](C(C)(C)C)N1C(=O)c1ccccc1. The summed E-state index contributed by atoms with van der Waals surface area (Å²) in [7, 11) is 1.74. The molecule has 1 heterocycles. The zero-order chi connectivity index (χ0) is 15.8. The van der Waals surface area contributed by atoms with Crippen LogP contribution in [0.15, 0.2) is 43.0 Å². The molecule has 1 aliphatic heterocycles. The van der Waals surface area contributed by atoms with Crippen molar-refractivity contribution >= 4 is 11.8 Å². The molecule has 2 atom stereocenters. The Bertz CT molecular complexity index is 560. The van der Waals surface area contributed by atoms with Crippen LogP contribution in [0, 0.1) is 5.41 Å².